The van der Waals surface area contributed by atoms with Crippen LogP contribution < -0.4 is 0 Å². The number of hydrogen-bond acceptors (Lipinski definition) is 5. The number of rotatable bonds is 1. The standard InChI is InChI=1S/C12H16N2O3S/c1-9-10(18-8-13-9)11(15)14-3-5-17-7-12(14)2-4-16-6-12/h8H,2-7H2,1H3. The number of ether oxygens (including phenoxy) is 2. The third-order valence-electron chi connectivity index (χ3n) is 3.67. The second kappa shape index (κ2) is 4.60. The third-order valence-corrected chi connectivity index (χ3v) is 4.59. The van der Waals surface area contributed by atoms with Gasteiger partial charge in [-0.2, -0.15) is 0 Å². The number of amides is 1. The maximum absolute atomic E-state index is 12.6. The molecule has 3 heterocycles. The van der Waals surface area contributed by atoms with Gasteiger partial charge in [0.15, 0.2) is 0 Å². The maximum Gasteiger partial charge on any atom is 0.266 e. The Labute approximate surface area is 110 Å². The van der Waals surface area contributed by atoms with Crippen molar-refractivity contribution in [1.29, 1.82) is 0 Å². The number of carbonyl (C=O) groups excluding carboxylic acids is 1. The normalized spacial score (nSPS) is 27.9. The molecule has 1 atom stereocenters. The highest BCUT2D eigenvalue weighted by Crippen LogP contribution is 2.31. The lowest BCUT2D eigenvalue weighted by Crippen LogP contribution is -2.59. The Morgan fingerprint density at radius 3 is 2.89 bits per heavy atom. The Morgan fingerprint density at radius 1 is 1.44 bits per heavy atom. The maximum atomic E-state index is 12.6. The average Bonchev–Trinajstić information content (AvgIpc) is 2.99. The predicted molar refractivity (Wildman–Crippen MR) is 66.9 cm³/mol. The van der Waals surface area contributed by atoms with Gasteiger partial charge in [0.05, 0.1) is 36.6 Å². The number of thiazole rings is 1. The number of aromatic nitrogens is 1. The van der Waals surface area contributed by atoms with Crippen molar-refractivity contribution >= 4 is 17.2 Å². The highest BCUT2D eigenvalue weighted by molar-refractivity contribution is 7.11. The lowest BCUT2D eigenvalue weighted by molar-refractivity contribution is -0.0549. The molecular weight excluding hydrogens is 252 g/mol. The second-order valence-corrected chi connectivity index (χ2v) is 5.66. The first-order chi connectivity index (χ1) is 8.73. The van der Waals surface area contributed by atoms with E-state index in [1.165, 1.54) is 11.3 Å². The second-order valence-electron chi connectivity index (χ2n) is 4.80. The molecule has 0 N–H and O–H groups in total. The van der Waals surface area contributed by atoms with Gasteiger partial charge in [0.2, 0.25) is 0 Å². The molecule has 98 valence electrons. The molecule has 0 aromatic carbocycles. The van der Waals surface area contributed by atoms with E-state index in [0.717, 1.165) is 17.0 Å². The van der Waals surface area contributed by atoms with Gasteiger partial charge in [-0.3, -0.25) is 4.79 Å². The van der Waals surface area contributed by atoms with Crippen LogP contribution in [-0.4, -0.2) is 54.3 Å². The molecule has 1 aromatic heterocycles. The molecule has 0 aliphatic carbocycles. The summed E-state index contributed by atoms with van der Waals surface area (Å²) in [5, 5.41) is 0. The van der Waals surface area contributed by atoms with Crippen molar-refractivity contribution in [3.05, 3.63) is 16.1 Å². The molecular formula is C12H16N2O3S. The summed E-state index contributed by atoms with van der Waals surface area (Å²) in [5.41, 5.74) is 2.28. The number of nitrogens with zero attached hydrogens (tertiary/aromatic N) is 2. The summed E-state index contributed by atoms with van der Waals surface area (Å²) in [6.45, 7) is 4.98. The molecule has 3 rings (SSSR count). The summed E-state index contributed by atoms with van der Waals surface area (Å²) in [4.78, 5) is 19.5. The number of hydrogen-bond donors (Lipinski definition) is 0. The van der Waals surface area contributed by atoms with Crippen LogP contribution in [0, 0.1) is 6.92 Å². The van der Waals surface area contributed by atoms with E-state index in [4.69, 9.17) is 9.47 Å². The van der Waals surface area contributed by atoms with Crippen molar-refractivity contribution in [2.24, 2.45) is 0 Å². The molecule has 1 amide bonds. The Balaban J connectivity index is 1.89. The average molecular weight is 268 g/mol. The topological polar surface area (TPSA) is 51.7 Å². The quantitative estimate of drug-likeness (QED) is 0.765. The monoisotopic (exact) mass is 268 g/mol. The largest absolute Gasteiger partial charge is 0.379 e. The molecule has 1 spiro atoms. The SMILES string of the molecule is Cc1ncsc1C(=O)N1CCOCC12CCOC2. The molecule has 0 saturated carbocycles. The fourth-order valence-corrected chi connectivity index (χ4v) is 3.35. The van der Waals surface area contributed by atoms with Crippen molar-refractivity contribution < 1.29 is 14.3 Å². The first-order valence-electron chi connectivity index (χ1n) is 6.10. The summed E-state index contributed by atoms with van der Waals surface area (Å²) in [5.74, 6) is 0.0730. The predicted octanol–water partition coefficient (Wildman–Crippen LogP) is 1.08. The fourth-order valence-electron chi connectivity index (χ4n) is 2.60. The molecule has 2 fully saturated rings. The van der Waals surface area contributed by atoms with Crippen LogP contribution in [0.15, 0.2) is 5.51 Å². The lowest BCUT2D eigenvalue weighted by atomic mass is 9.95. The van der Waals surface area contributed by atoms with E-state index in [1.807, 2.05) is 11.8 Å². The van der Waals surface area contributed by atoms with Gasteiger partial charge in [0.25, 0.3) is 5.91 Å². The minimum atomic E-state index is -0.258. The molecule has 6 heteroatoms. The van der Waals surface area contributed by atoms with Crippen LogP contribution in [0.4, 0.5) is 0 Å². The summed E-state index contributed by atoms with van der Waals surface area (Å²) < 4.78 is 11.0. The summed E-state index contributed by atoms with van der Waals surface area (Å²) >= 11 is 1.41. The lowest BCUT2D eigenvalue weighted by Gasteiger charge is -2.43. The highest BCUT2D eigenvalue weighted by Gasteiger charge is 2.46. The summed E-state index contributed by atoms with van der Waals surface area (Å²) in [6.07, 6.45) is 0.858. The zero-order chi connectivity index (χ0) is 12.6. The van der Waals surface area contributed by atoms with Crippen LogP contribution in [0.5, 0.6) is 0 Å². The number of aryl methyl sites for hydroxylation is 1. The van der Waals surface area contributed by atoms with Gasteiger partial charge in [0, 0.05) is 13.2 Å². The Bertz CT molecular complexity index is 454. The van der Waals surface area contributed by atoms with Crippen LogP contribution in [0.25, 0.3) is 0 Å². The van der Waals surface area contributed by atoms with Gasteiger partial charge < -0.3 is 14.4 Å². The van der Waals surface area contributed by atoms with Crippen LogP contribution in [-0.2, 0) is 9.47 Å². The van der Waals surface area contributed by atoms with Crippen LogP contribution in [0.2, 0.25) is 0 Å². The summed E-state index contributed by atoms with van der Waals surface area (Å²) in [7, 11) is 0. The van der Waals surface area contributed by atoms with Gasteiger partial charge in [-0.15, -0.1) is 11.3 Å². The molecule has 18 heavy (non-hydrogen) atoms. The zero-order valence-corrected chi connectivity index (χ0v) is 11.2. The minimum absolute atomic E-state index is 0.0730. The molecule has 0 bridgehead atoms. The van der Waals surface area contributed by atoms with Gasteiger partial charge >= 0.3 is 0 Å². The van der Waals surface area contributed by atoms with Crippen LogP contribution in [0.3, 0.4) is 0 Å². The van der Waals surface area contributed by atoms with E-state index in [2.05, 4.69) is 4.98 Å². The van der Waals surface area contributed by atoms with E-state index in [1.54, 1.807) is 5.51 Å². The first kappa shape index (κ1) is 12.1. The van der Waals surface area contributed by atoms with Gasteiger partial charge in [-0.05, 0) is 13.3 Å². The molecule has 2 saturated heterocycles. The molecule has 2 aliphatic heterocycles. The third kappa shape index (κ3) is 1.84. The number of morpholine rings is 1. The summed E-state index contributed by atoms with van der Waals surface area (Å²) in [6, 6.07) is 0. The molecule has 2 aliphatic rings. The highest BCUT2D eigenvalue weighted by atomic mass is 32.1. The molecule has 1 aromatic rings. The van der Waals surface area contributed by atoms with Crippen molar-refractivity contribution in [1.82, 2.24) is 9.88 Å². The van der Waals surface area contributed by atoms with Crippen LogP contribution >= 0.6 is 11.3 Å². The molecule has 5 nitrogen and oxygen atoms in total. The first-order valence-corrected chi connectivity index (χ1v) is 6.98. The van der Waals surface area contributed by atoms with Gasteiger partial charge in [0.1, 0.15) is 4.88 Å². The molecule has 0 radical (unpaired) electrons. The van der Waals surface area contributed by atoms with Crippen molar-refractivity contribution in [2.75, 3.05) is 33.0 Å². The van der Waals surface area contributed by atoms with Crippen LogP contribution in [0.1, 0.15) is 21.8 Å². The fraction of sp³-hybridized carbons (Fsp3) is 0.667. The smallest absolute Gasteiger partial charge is 0.266 e. The van der Waals surface area contributed by atoms with E-state index in [9.17, 15) is 4.79 Å². The van der Waals surface area contributed by atoms with Crippen molar-refractivity contribution in [2.45, 2.75) is 18.9 Å². The van der Waals surface area contributed by atoms with Crippen molar-refractivity contribution in [3.8, 4) is 0 Å². The zero-order valence-electron chi connectivity index (χ0n) is 10.3. The van der Waals surface area contributed by atoms with E-state index in [0.29, 0.717) is 33.0 Å². The molecule has 1 unspecified atom stereocenters. The van der Waals surface area contributed by atoms with Crippen molar-refractivity contribution in [3.63, 3.8) is 0 Å². The van der Waals surface area contributed by atoms with E-state index in [-0.39, 0.29) is 11.4 Å². The Morgan fingerprint density at radius 2 is 2.22 bits per heavy atom. The minimum Gasteiger partial charge on any atom is -0.379 e. The number of carbonyl (C=O) groups is 1. The van der Waals surface area contributed by atoms with Gasteiger partial charge in [-0.25, -0.2) is 4.98 Å². The Kier molecular flexibility index (Phi) is 3.09. The Hall–Kier alpha value is -0.980. The van der Waals surface area contributed by atoms with Gasteiger partial charge in [-0.1, -0.05) is 0 Å². The van der Waals surface area contributed by atoms with E-state index < -0.39 is 0 Å². The van der Waals surface area contributed by atoms with E-state index >= 15 is 0 Å².